The number of carbonyl (C=O) groups is 1. The van der Waals surface area contributed by atoms with Crippen LogP contribution in [0, 0.1) is 0 Å². The highest BCUT2D eigenvalue weighted by Crippen LogP contribution is 2.30. The standard InChI is InChI=1S/C14H14ClF2N5O/c15-12-6-11(20-10-2-1-4-18-13(10)23)8(7-19-12)9-3-5-22(21-9)14(16)17/h3,5-7,10,14H,1-2,4H2,(H,18,23)(H,19,20). The molecule has 9 heteroatoms. The van der Waals surface area contributed by atoms with Crippen molar-refractivity contribution in [1.29, 1.82) is 0 Å². The van der Waals surface area contributed by atoms with E-state index in [2.05, 4.69) is 20.7 Å². The third-order valence-corrected chi connectivity index (χ3v) is 3.78. The summed E-state index contributed by atoms with van der Waals surface area (Å²) in [4.78, 5) is 15.9. The van der Waals surface area contributed by atoms with Crippen LogP contribution in [-0.4, -0.2) is 33.3 Å². The molecule has 1 aliphatic rings. The predicted octanol–water partition coefficient (Wildman–Crippen LogP) is 2.68. The first-order chi connectivity index (χ1) is 11.0. The van der Waals surface area contributed by atoms with Crippen LogP contribution in [-0.2, 0) is 4.79 Å². The molecule has 1 amide bonds. The minimum Gasteiger partial charge on any atom is -0.373 e. The molecule has 1 saturated heterocycles. The molecule has 2 aromatic heterocycles. The van der Waals surface area contributed by atoms with E-state index in [-0.39, 0.29) is 11.1 Å². The Morgan fingerprint density at radius 2 is 2.30 bits per heavy atom. The maximum absolute atomic E-state index is 12.7. The van der Waals surface area contributed by atoms with Gasteiger partial charge in [-0.2, -0.15) is 13.9 Å². The van der Waals surface area contributed by atoms with Gasteiger partial charge in [0, 0.05) is 30.2 Å². The summed E-state index contributed by atoms with van der Waals surface area (Å²) in [5.41, 5.74) is 1.37. The number of nitrogens with zero attached hydrogens (tertiary/aromatic N) is 3. The molecule has 2 N–H and O–H groups in total. The van der Waals surface area contributed by atoms with Crippen molar-refractivity contribution in [3.63, 3.8) is 0 Å². The van der Waals surface area contributed by atoms with Crippen LogP contribution in [0.25, 0.3) is 11.3 Å². The quantitative estimate of drug-likeness (QED) is 0.839. The van der Waals surface area contributed by atoms with E-state index in [1.807, 2.05) is 0 Å². The molecule has 122 valence electrons. The zero-order chi connectivity index (χ0) is 16.4. The Labute approximate surface area is 135 Å². The highest BCUT2D eigenvalue weighted by atomic mass is 35.5. The van der Waals surface area contributed by atoms with E-state index in [1.54, 1.807) is 6.07 Å². The minimum absolute atomic E-state index is 0.103. The summed E-state index contributed by atoms with van der Waals surface area (Å²) >= 11 is 5.92. The van der Waals surface area contributed by atoms with Gasteiger partial charge in [-0.25, -0.2) is 9.67 Å². The van der Waals surface area contributed by atoms with Gasteiger partial charge in [-0.3, -0.25) is 4.79 Å². The highest BCUT2D eigenvalue weighted by molar-refractivity contribution is 6.29. The lowest BCUT2D eigenvalue weighted by Crippen LogP contribution is -2.44. The fourth-order valence-electron chi connectivity index (χ4n) is 2.44. The molecular weight excluding hydrogens is 328 g/mol. The van der Waals surface area contributed by atoms with Crippen LogP contribution >= 0.6 is 11.6 Å². The number of alkyl halides is 2. The topological polar surface area (TPSA) is 71.8 Å². The molecule has 1 unspecified atom stereocenters. The van der Waals surface area contributed by atoms with Gasteiger partial charge < -0.3 is 10.6 Å². The molecular formula is C14H14ClF2N5O. The molecule has 0 aliphatic carbocycles. The smallest absolute Gasteiger partial charge is 0.333 e. The van der Waals surface area contributed by atoms with Crippen molar-refractivity contribution in [3.05, 3.63) is 29.7 Å². The van der Waals surface area contributed by atoms with E-state index in [0.717, 1.165) is 6.42 Å². The third kappa shape index (κ3) is 3.42. The Morgan fingerprint density at radius 3 is 3.00 bits per heavy atom. The Morgan fingerprint density at radius 1 is 1.48 bits per heavy atom. The van der Waals surface area contributed by atoms with Crippen LogP contribution in [0.3, 0.4) is 0 Å². The van der Waals surface area contributed by atoms with Crippen molar-refractivity contribution >= 4 is 23.2 Å². The molecule has 2 aromatic rings. The van der Waals surface area contributed by atoms with Gasteiger partial charge in [0.15, 0.2) is 0 Å². The number of piperidine rings is 1. The zero-order valence-electron chi connectivity index (χ0n) is 12.0. The van der Waals surface area contributed by atoms with E-state index >= 15 is 0 Å². The summed E-state index contributed by atoms with van der Waals surface area (Å²) in [6.07, 6.45) is 4.17. The molecule has 3 rings (SSSR count). The Balaban J connectivity index is 1.92. The van der Waals surface area contributed by atoms with E-state index in [0.29, 0.717) is 34.6 Å². The van der Waals surface area contributed by atoms with E-state index in [9.17, 15) is 13.6 Å². The average Bonchev–Trinajstić information content (AvgIpc) is 3.00. The number of aromatic nitrogens is 3. The lowest BCUT2D eigenvalue weighted by atomic mass is 10.1. The molecule has 1 fully saturated rings. The highest BCUT2D eigenvalue weighted by Gasteiger charge is 2.23. The van der Waals surface area contributed by atoms with Crippen molar-refractivity contribution in [2.45, 2.75) is 25.4 Å². The number of nitrogens with one attached hydrogen (secondary N) is 2. The average molecular weight is 342 g/mol. The van der Waals surface area contributed by atoms with E-state index < -0.39 is 12.6 Å². The summed E-state index contributed by atoms with van der Waals surface area (Å²) in [6.45, 7) is -2.07. The Bertz CT molecular complexity index is 721. The molecule has 1 atom stereocenters. The fraction of sp³-hybridized carbons (Fsp3) is 0.357. The van der Waals surface area contributed by atoms with Crippen LogP contribution in [0.2, 0.25) is 5.15 Å². The van der Waals surface area contributed by atoms with Crippen LogP contribution in [0.4, 0.5) is 14.5 Å². The third-order valence-electron chi connectivity index (χ3n) is 3.57. The lowest BCUT2D eigenvalue weighted by Gasteiger charge is -2.24. The van der Waals surface area contributed by atoms with Gasteiger partial charge in [0.25, 0.3) is 0 Å². The second-order valence-corrected chi connectivity index (χ2v) is 5.53. The zero-order valence-corrected chi connectivity index (χ0v) is 12.7. The number of pyridine rings is 1. The number of anilines is 1. The van der Waals surface area contributed by atoms with E-state index in [4.69, 9.17) is 11.6 Å². The van der Waals surface area contributed by atoms with Gasteiger partial charge in [-0.05, 0) is 25.0 Å². The van der Waals surface area contributed by atoms with Crippen LogP contribution in [0.5, 0.6) is 0 Å². The second kappa shape index (κ2) is 6.49. The molecule has 6 nitrogen and oxygen atoms in total. The van der Waals surface area contributed by atoms with Gasteiger partial charge in [0.1, 0.15) is 11.2 Å². The molecule has 0 spiro atoms. The maximum atomic E-state index is 12.7. The van der Waals surface area contributed by atoms with Gasteiger partial charge in [0.2, 0.25) is 5.91 Å². The second-order valence-electron chi connectivity index (χ2n) is 5.14. The molecule has 23 heavy (non-hydrogen) atoms. The van der Waals surface area contributed by atoms with Crippen molar-refractivity contribution in [2.75, 3.05) is 11.9 Å². The summed E-state index contributed by atoms with van der Waals surface area (Å²) in [5, 5.41) is 9.94. The summed E-state index contributed by atoms with van der Waals surface area (Å²) < 4.78 is 25.9. The SMILES string of the molecule is O=C1NCCCC1Nc1cc(Cl)ncc1-c1ccn(C(F)F)n1. The van der Waals surface area contributed by atoms with E-state index in [1.165, 1.54) is 18.5 Å². The van der Waals surface area contributed by atoms with Gasteiger partial charge in [0.05, 0.1) is 5.69 Å². The predicted molar refractivity (Wildman–Crippen MR) is 81.4 cm³/mol. The summed E-state index contributed by atoms with van der Waals surface area (Å²) in [7, 11) is 0. The number of hydrogen-bond donors (Lipinski definition) is 2. The normalized spacial score (nSPS) is 18.1. The molecule has 0 bridgehead atoms. The minimum atomic E-state index is -2.72. The number of amides is 1. The first kappa shape index (κ1) is 15.7. The monoisotopic (exact) mass is 341 g/mol. The van der Waals surface area contributed by atoms with Crippen molar-refractivity contribution in [2.24, 2.45) is 0 Å². The first-order valence-electron chi connectivity index (χ1n) is 7.08. The van der Waals surface area contributed by atoms with Crippen LogP contribution in [0.1, 0.15) is 19.4 Å². The first-order valence-corrected chi connectivity index (χ1v) is 7.46. The number of hydrogen-bond acceptors (Lipinski definition) is 4. The number of carbonyl (C=O) groups excluding carboxylic acids is 1. The molecule has 0 saturated carbocycles. The van der Waals surface area contributed by atoms with Gasteiger partial charge in [-0.15, -0.1) is 0 Å². The number of rotatable bonds is 4. The largest absolute Gasteiger partial charge is 0.373 e. The number of halogens is 3. The van der Waals surface area contributed by atoms with Gasteiger partial charge >= 0.3 is 6.55 Å². The van der Waals surface area contributed by atoms with Crippen molar-refractivity contribution in [1.82, 2.24) is 20.1 Å². The Hall–Kier alpha value is -2.22. The molecule has 0 radical (unpaired) electrons. The van der Waals surface area contributed by atoms with Crippen LogP contribution in [0.15, 0.2) is 24.5 Å². The molecule has 1 aliphatic heterocycles. The molecule has 0 aromatic carbocycles. The van der Waals surface area contributed by atoms with Crippen LogP contribution < -0.4 is 10.6 Å². The Kier molecular flexibility index (Phi) is 4.42. The van der Waals surface area contributed by atoms with Gasteiger partial charge in [-0.1, -0.05) is 11.6 Å². The summed E-state index contributed by atoms with van der Waals surface area (Å²) in [6, 6.07) is 2.61. The van der Waals surface area contributed by atoms with Crippen molar-refractivity contribution < 1.29 is 13.6 Å². The van der Waals surface area contributed by atoms with Crippen molar-refractivity contribution in [3.8, 4) is 11.3 Å². The maximum Gasteiger partial charge on any atom is 0.333 e. The molecule has 3 heterocycles. The summed E-state index contributed by atoms with van der Waals surface area (Å²) in [5.74, 6) is -0.103. The lowest BCUT2D eigenvalue weighted by molar-refractivity contribution is -0.123. The fourth-order valence-corrected chi connectivity index (χ4v) is 2.60.